The monoisotopic (exact) mass is 453 g/mol. The van der Waals surface area contributed by atoms with Crippen molar-refractivity contribution in [3.05, 3.63) is 46.8 Å². The van der Waals surface area contributed by atoms with Gasteiger partial charge in [0.2, 0.25) is 5.91 Å². The van der Waals surface area contributed by atoms with Gasteiger partial charge in [-0.15, -0.1) is 34.7 Å². The molecule has 2 unspecified atom stereocenters. The summed E-state index contributed by atoms with van der Waals surface area (Å²) in [7, 11) is 0. The SMILES string of the molecule is CC(C)(CO)c1ccc(N2C(=O)C(Cl)CC2CCSc2ccc(C(=O)O)s2)cc1. The Labute approximate surface area is 183 Å². The molecule has 2 heterocycles. The molecule has 29 heavy (non-hydrogen) atoms. The number of rotatable bonds is 8. The van der Waals surface area contributed by atoms with Gasteiger partial charge in [0.1, 0.15) is 10.3 Å². The number of amides is 1. The number of nitrogens with zero attached hydrogens (tertiary/aromatic N) is 1. The number of thiophene rings is 1. The Kier molecular flexibility index (Phi) is 6.94. The normalized spacial score (nSPS) is 19.7. The lowest BCUT2D eigenvalue weighted by Gasteiger charge is -2.27. The second-order valence-corrected chi connectivity index (χ2v) is 10.7. The summed E-state index contributed by atoms with van der Waals surface area (Å²) in [5.74, 6) is -0.222. The van der Waals surface area contributed by atoms with Crippen molar-refractivity contribution in [2.45, 2.75) is 47.7 Å². The Morgan fingerprint density at radius 3 is 2.55 bits per heavy atom. The maximum Gasteiger partial charge on any atom is 0.345 e. The molecule has 0 saturated carbocycles. The number of thioether (sulfide) groups is 1. The topological polar surface area (TPSA) is 77.8 Å². The number of carbonyl (C=O) groups excluding carboxylic acids is 1. The van der Waals surface area contributed by atoms with Gasteiger partial charge < -0.3 is 15.1 Å². The molecule has 1 aromatic carbocycles. The summed E-state index contributed by atoms with van der Waals surface area (Å²) in [5, 5.41) is 18.1. The van der Waals surface area contributed by atoms with Crippen LogP contribution in [0.2, 0.25) is 0 Å². The average molecular weight is 454 g/mol. The van der Waals surface area contributed by atoms with Crippen LogP contribution in [0.25, 0.3) is 0 Å². The zero-order valence-electron chi connectivity index (χ0n) is 16.3. The van der Waals surface area contributed by atoms with Gasteiger partial charge in [-0.3, -0.25) is 4.79 Å². The summed E-state index contributed by atoms with van der Waals surface area (Å²) in [6, 6.07) is 11.2. The van der Waals surface area contributed by atoms with Gasteiger partial charge in [-0.2, -0.15) is 0 Å². The number of anilines is 1. The van der Waals surface area contributed by atoms with Crippen molar-refractivity contribution in [3.8, 4) is 0 Å². The molecule has 2 aromatic rings. The first-order chi connectivity index (χ1) is 13.7. The summed E-state index contributed by atoms with van der Waals surface area (Å²) < 4.78 is 0.955. The van der Waals surface area contributed by atoms with Gasteiger partial charge >= 0.3 is 5.97 Å². The number of aliphatic hydroxyl groups excluding tert-OH is 1. The van der Waals surface area contributed by atoms with Gasteiger partial charge in [-0.1, -0.05) is 26.0 Å². The van der Waals surface area contributed by atoms with Crippen LogP contribution in [0.4, 0.5) is 5.69 Å². The van der Waals surface area contributed by atoms with Crippen LogP contribution in [-0.4, -0.2) is 45.9 Å². The molecule has 0 bridgehead atoms. The number of alkyl halides is 1. The Hall–Kier alpha value is -1.54. The van der Waals surface area contributed by atoms with Crippen molar-refractivity contribution in [2.75, 3.05) is 17.3 Å². The van der Waals surface area contributed by atoms with Crippen LogP contribution in [-0.2, 0) is 10.2 Å². The van der Waals surface area contributed by atoms with Crippen LogP contribution in [0.5, 0.6) is 0 Å². The minimum absolute atomic E-state index is 0.00751. The highest BCUT2D eigenvalue weighted by atomic mass is 35.5. The zero-order chi connectivity index (χ0) is 21.2. The molecule has 1 aliphatic heterocycles. The average Bonchev–Trinajstić information content (AvgIpc) is 3.27. The molecule has 3 rings (SSSR count). The zero-order valence-corrected chi connectivity index (χ0v) is 18.7. The summed E-state index contributed by atoms with van der Waals surface area (Å²) in [6.45, 7) is 3.99. The number of carbonyl (C=O) groups is 2. The number of hydrogen-bond donors (Lipinski definition) is 2. The second kappa shape index (κ2) is 9.08. The molecule has 1 saturated heterocycles. The van der Waals surface area contributed by atoms with Gasteiger partial charge in [-0.05, 0) is 42.7 Å². The fraction of sp³-hybridized carbons (Fsp3) is 0.429. The van der Waals surface area contributed by atoms with Crippen molar-refractivity contribution >= 4 is 52.3 Å². The first kappa shape index (κ1) is 22.2. The quantitative estimate of drug-likeness (QED) is 0.450. The second-order valence-electron chi connectivity index (χ2n) is 7.72. The van der Waals surface area contributed by atoms with Crippen molar-refractivity contribution in [1.29, 1.82) is 0 Å². The molecule has 8 heteroatoms. The molecule has 0 aliphatic carbocycles. The molecular weight excluding hydrogens is 430 g/mol. The van der Waals surface area contributed by atoms with Crippen molar-refractivity contribution in [1.82, 2.24) is 0 Å². The summed E-state index contributed by atoms with van der Waals surface area (Å²) in [6.07, 6.45) is 1.36. The fourth-order valence-corrected chi connectivity index (χ4v) is 5.73. The lowest BCUT2D eigenvalue weighted by Crippen LogP contribution is -2.34. The Bertz CT molecular complexity index is 881. The molecule has 2 atom stereocenters. The highest BCUT2D eigenvalue weighted by Crippen LogP contribution is 2.35. The molecular formula is C21H24ClNO4S2. The van der Waals surface area contributed by atoms with Crippen LogP contribution in [0.3, 0.4) is 0 Å². The minimum atomic E-state index is -0.910. The first-order valence-electron chi connectivity index (χ1n) is 9.37. The predicted octanol–water partition coefficient (Wildman–Crippen LogP) is 4.61. The summed E-state index contributed by atoms with van der Waals surface area (Å²) in [5.41, 5.74) is 1.49. The lowest BCUT2D eigenvalue weighted by molar-refractivity contribution is -0.116. The molecule has 0 spiro atoms. The highest BCUT2D eigenvalue weighted by Gasteiger charge is 2.39. The van der Waals surface area contributed by atoms with Gasteiger partial charge in [0.15, 0.2) is 0 Å². The fourth-order valence-electron chi connectivity index (χ4n) is 3.33. The van der Waals surface area contributed by atoms with E-state index in [1.807, 2.05) is 44.2 Å². The molecule has 1 fully saturated rings. The molecule has 1 aliphatic rings. The Morgan fingerprint density at radius 1 is 1.28 bits per heavy atom. The first-order valence-corrected chi connectivity index (χ1v) is 11.6. The van der Waals surface area contributed by atoms with E-state index in [-0.39, 0.29) is 24.0 Å². The molecule has 156 valence electrons. The molecule has 0 radical (unpaired) electrons. The molecule has 2 N–H and O–H groups in total. The number of carboxylic acids is 1. The Morgan fingerprint density at radius 2 is 1.97 bits per heavy atom. The summed E-state index contributed by atoms with van der Waals surface area (Å²) >= 11 is 9.13. The highest BCUT2D eigenvalue weighted by molar-refractivity contribution is 8.01. The van der Waals surface area contributed by atoms with E-state index < -0.39 is 11.3 Å². The standard InChI is InChI=1S/C21H24ClNO4S2/c1-21(2,12-24)13-3-5-14(6-4-13)23-15(11-16(22)19(23)25)9-10-28-18-8-7-17(29-18)20(26)27/h3-8,15-16,24H,9-12H2,1-2H3,(H,26,27). The lowest BCUT2D eigenvalue weighted by atomic mass is 9.85. The van der Waals surface area contributed by atoms with E-state index in [1.165, 1.54) is 11.3 Å². The maximum absolute atomic E-state index is 12.6. The van der Waals surface area contributed by atoms with Gasteiger partial charge in [-0.25, -0.2) is 4.79 Å². The van der Waals surface area contributed by atoms with Gasteiger partial charge in [0.05, 0.1) is 10.8 Å². The van der Waals surface area contributed by atoms with E-state index in [0.29, 0.717) is 11.3 Å². The van der Waals surface area contributed by atoms with E-state index in [0.717, 1.165) is 27.6 Å². The van der Waals surface area contributed by atoms with Crippen molar-refractivity contribution < 1.29 is 19.8 Å². The van der Waals surface area contributed by atoms with Crippen LogP contribution in [0.15, 0.2) is 40.6 Å². The number of carboxylic acid groups (broad SMARTS) is 1. The van der Waals surface area contributed by atoms with Gasteiger partial charge in [0.25, 0.3) is 0 Å². The number of halogens is 1. The van der Waals surface area contributed by atoms with E-state index in [4.69, 9.17) is 16.7 Å². The van der Waals surface area contributed by atoms with Gasteiger partial charge in [0, 0.05) is 22.9 Å². The third-order valence-electron chi connectivity index (χ3n) is 5.16. The number of aromatic carboxylic acids is 1. The van der Waals surface area contributed by atoms with E-state index in [9.17, 15) is 14.7 Å². The minimum Gasteiger partial charge on any atom is -0.477 e. The van der Waals surface area contributed by atoms with Crippen LogP contribution in [0, 0.1) is 0 Å². The number of benzene rings is 1. The largest absolute Gasteiger partial charge is 0.477 e. The van der Waals surface area contributed by atoms with Crippen LogP contribution in [0.1, 0.15) is 41.9 Å². The third kappa shape index (κ3) is 4.97. The predicted molar refractivity (Wildman–Crippen MR) is 119 cm³/mol. The number of aliphatic hydroxyl groups is 1. The number of hydrogen-bond acceptors (Lipinski definition) is 5. The van der Waals surface area contributed by atoms with Crippen molar-refractivity contribution in [2.24, 2.45) is 0 Å². The van der Waals surface area contributed by atoms with E-state index in [1.54, 1.807) is 22.7 Å². The third-order valence-corrected chi connectivity index (χ3v) is 7.86. The van der Waals surface area contributed by atoms with E-state index in [2.05, 4.69) is 0 Å². The van der Waals surface area contributed by atoms with Crippen molar-refractivity contribution in [3.63, 3.8) is 0 Å². The van der Waals surface area contributed by atoms with Crippen LogP contribution >= 0.6 is 34.7 Å². The molecule has 5 nitrogen and oxygen atoms in total. The molecule has 1 aromatic heterocycles. The maximum atomic E-state index is 12.6. The van der Waals surface area contributed by atoms with Crippen LogP contribution < -0.4 is 4.90 Å². The van der Waals surface area contributed by atoms with E-state index >= 15 is 0 Å². The smallest absolute Gasteiger partial charge is 0.345 e. The summed E-state index contributed by atoms with van der Waals surface area (Å²) in [4.78, 5) is 25.8. The molecule has 1 amide bonds. The Balaban J connectivity index is 1.68.